The van der Waals surface area contributed by atoms with Crippen molar-refractivity contribution in [2.24, 2.45) is 0 Å². The SMILES string of the molecule is Cc1cccc(C(C)C)c1NS(=O)(=O)CCC(=O)O. The third kappa shape index (κ3) is 4.55. The van der Waals surface area contributed by atoms with Gasteiger partial charge in [0, 0.05) is 0 Å². The van der Waals surface area contributed by atoms with Crippen LogP contribution in [-0.2, 0) is 14.8 Å². The molecular weight excluding hydrogens is 266 g/mol. The number of carboxylic acid groups (broad SMARTS) is 1. The van der Waals surface area contributed by atoms with Crippen LogP contribution in [0.4, 0.5) is 5.69 Å². The fourth-order valence-corrected chi connectivity index (χ4v) is 2.87. The molecule has 0 atom stereocenters. The number of benzene rings is 1. The Kier molecular flexibility index (Phi) is 4.94. The number of rotatable bonds is 6. The number of aryl methyl sites for hydroxylation is 1. The molecule has 1 rings (SSSR count). The van der Waals surface area contributed by atoms with Gasteiger partial charge in [-0.1, -0.05) is 32.0 Å². The Morgan fingerprint density at radius 2 is 2.00 bits per heavy atom. The number of carbonyl (C=O) groups is 1. The fraction of sp³-hybridized carbons (Fsp3) is 0.462. The number of nitrogens with one attached hydrogen (secondary N) is 1. The van der Waals surface area contributed by atoms with Crippen molar-refractivity contribution < 1.29 is 18.3 Å². The molecule has 5 nitrogen and oxygen atoms in total. The Bertz CT molecular complexity index is 564. The summed E-state index contributed by atoms with van der Waals surface area (Å²) in [4.78, 5) is 10.4. The largest absolute Gasteiger partial charge is 0.481 e. The average molecular weight is 285 g/mol. The first kappa shape index (κ1) is 15.5. The second kappa shape index (κ2) is 6.06. The van der Waals surface area contributed by atoms with Crippen LogP contribution in [0.5, 0.6) is 0 Å². The minimum absolute atomic E-state index is 0.178. The van der Waals surface area contributed by atoms with E-state index >= 15 is 0 Å². The molecule has 0 saturated carbocycles. The molecule has 0 fully saturated rings. The second-order valence-corrected chi connectivity index (χ2v) is 6.60. The van der Waals surface area contributed by atoms with Crippen molar-refractivity contribution in [2.75, 3.05) is 10.5 Å². The lowest BCUT2D eigenvalue weighted by molar-refractivity contribution is -0.136. The maximum absolute atomic E-state index is 11.9. The predicted molar refractivity (Wildman–Crippen MR) is 74.9 cm³/mol. The Hall–Kier alpha value is -1.56. The molecule has 6 heteroatoms. The maximum atomic E-state index is 11.9. The van der Waals surface area contributed by atoms with Gasteiger partial charge < -0.3 is 5.11 Å². The highest BCUT2D eigenvalue weighted by molar-refractivity contribution is 7.92. The molecule has 0 spiro atoms. The van der Waals surface area contributed by atoms with Gasteiger partial charge >= 0.3 is 5.97 Å². The van der Waals surface area contributed by atoms with Crippen molar-refractivity contribution in [1.82, 2.24) is 0 Å². The molecule has 19 heavy (non-hydrogen) atoms. The minimum Gasteiger partial charge on any atom is -0.481 e. The van der Waals surface area contributed by atoms with E-state index in [1.54, 1.807) is 0 Å². The standard InChI is InChI=1S/C13H19NO4S/c1-9(2)11-6-4-5-10(3)13(11)14-19(17,18)8-7-12(15)16/h4-6,9,14H,7-8H2,1-3H3,(H,15,16). The molecule has 0 saturated heterocycles. The van der Waals surface area contributed by atoms with E-state index in [9.17, 15) is 13.2 Å². The lowest BCUT2D eigenvalue weighted by Gasteiger charge is -2.17. The quantitative estimate of drug-likeness (QED) is 0.840. The smallest absolute Gasteiger partial charge is 0.304 e. The molecule has 0 heterocycles. The van der Waals surface area contributed by atoms with Crippen LogP contribution in [0, 0.1) is 6.92 Å². The van der Waals surface area contributed by atoms with Gasteiger partial charge in [-0.05, 0) is 24.0 Å². The molecule has 2 N–H and O–H groups in total. The van der Waals surface area contributed by atoms with Crippen LogP contribution in [0.2, 0.25) is 0 Å². The monoisotopic (exact) mass is 285 g/mol. The van der Waals surface area contributed by atoms with Crippen molar-refractivity contribution in [1.29, 1.82) is 0 Å². The number of carboxylic acids is 1. The average Bonchev–Trinajstić information content (AvgIpc) is 2.29. The lowest BCUT2D eigenvalue weighted by Crippen LogP contribution is -2.20. The lowest BCUT2D eigenvalue weighted by atomic mass is 9.99. The number of hydrogen-bond acceptors (Lipinski definition) is 3. The number of aliphatic carboxylic acids is 1. The number of anilines is 1. The molecule has 0 radical (unpaired) electrons. The van der Waals surface area contributed by atoms with E-state index in [-0.39, 0.29) is 5.92 Å². The molecule has 0 aliphatic heterocycles. The first-order valence-corrected chi connectivity index (χ1v) is 7.70. The summed E-state index contributed by atoms with van der Waals surface area (Å²) in [6.07, 6.45) is -0.405. The summed E-state index contributed by atoms with van der Waals surface area (Å²) in [5.41, 5.74) is 2.28. The van der Waals surface area contributed by atoms with E-state index in [0.29, 0.717) is 5.69 Å². The van der Waals surface area contributed by atoms with Crippen LogP contribution in [0.1, 0.15) is 37.3 Å². The van der Waals surface area contributed by atoms with E-state index in [4.69, 9.17) is 5.11 Å². The summed E-state index contributed by atoms with van der Waals surface area (Å²) in [5.74, 6) is -1.37. The van der Waals surface area contributed by atoms with Crippen molar-refractivity contribution in [3.8, 4) is 0 Å². The van der Waals surface area contributed by atoms with Crippen molar-refractivity contribution in [3.05, 3.63) is 29.3 Å². The van der Waals surface area contributed by atoms with Gasteiger partial charge in [-0.3, -0.25) is 9.52 Å². The molecule has 1 aromatic carbocycles. The van der Waals surface area contributed by atoms with Crippen LogP contribution < -0.4 is 4.72 Å². The Morgan fingerprint density at radius 1 is 1.37 bits per heavy atom. The second-order valence-electron chi connectivity index (χ2n) is 4.76. The topological polar surface area (TPSA) is 83.5 Å². The van der Waals surface area contributed by atoms with Crippen molar-refractivity contribution >= 4 is 21.7 Å². The molecular formula is C13H19NO4S. The van der Waals surface area contributed by atoms with Crippen molar-refractivity contribution in [3.63, 3.8) is 0 Å². The van der Waals surface area contributed by atoms with Crippen LogP contribution in [0.15, 0.2) is 18.2 Å². The first-order valence-electron chi connectivity index (χ1n) is 6.04. The molecule has 1 aromatic rings. The van der Waals surface area contributed by atoms with E-state index < -0.39 is 28.2 Å². The highest BCUT2D eigenvalue weighted by Crippen LogP contribution is 2.28. The summed E-state index contributed by atoms with van der Waals surface area (Å²) in [6, 6.07) is 5.56. The highest BCUT2D eigenvalue weighted by Gasteiger charge is 2.17. The maximum Gasteiger partial charge on any atom is 0.304 e. The first-order chi connectivity index (χ1) is 8.73. The van der Waals surface area contributed by atoms with Gasteiger partial charge in [-0.15, -0.1) is 0 Å². The van der Waals surface area contributed by atoms with Gasteiger partial charge in [-0.25, -0.2) is 8.42 Å². The fourth-order valence-electron chi connectivity index (χ4n) is 1.74. The number of para-hydroxylation sites is 1. The third-order valence-corrected chi connectivity index (χ3v) is 4.03. The number of sulfonamides is 1. The molecule has 106 valence electrons. The van der Waals surface area contributed by atoms with Gasteiger partial charge in [0.15, 0.2) is 0 Å². The molecule has 0 unspecified atom stereocenters. The molecule has 0 aromatic heterocycles. The van der Waals surface area contributed by atoms with Crippen LogP contribution in [0.3, 0.4) is 0 Å². The molecule has 0 bridgehead atoms. The normalized spacial score (nSPS) is 11.6. The predicted octanol–water partition coefficient (Wildman–Crippen LogP) is 2.33. The Labute approximate surface area is 113 Å². The third-order valence-electron chi connectivity index (χ3n) is 2.77. The zero-order chi connectivity index (χ0) is 14.6. The van der Waals surface area contributed by atoms with Gasteiger partial charge in [-0.2, -0.15) is 0 Å². The zero-order valence-corrected chi connectivity index (χ0v) is 12.1. The molecule has 0 aliphatic carbocycles. The van der Waals surface area contributed by atoms with Crippen LogP contribution >= 0.6 is 0 Å². The van der Waals surface area contributed by atoms with Crippen molar-refractivity contribution in [2.45, 2.75) is 33.1 Å². The van der Waals surface area contributed by atoms with Gasteiger partial charge in [0.25, 0.3) is 0 Å². The van der Waals surface area contributed by atoms with Gasteiger partial charge in [0.05, 0.1) is 17.9 Å². The molecule has 0 amide bonds. The minimum atomic E-state index is -3.64. The highest BCUT2D eigenvalue weighted by atomic mass is 32.2. The van der Waals surface area contributed by atoms with Crippen LogP contribution in [-0.4, -0.2) is 25.2 Å². The van der Waals surface area contributed by atoms with E-state index in [1.165, 1.54) is 0 Å². The summed E-state index contributed by atoms with van der Waals surface area (Å²) in [6.45, 7) is 5.77. The zero-order valence-electron chi connectivity index (χ0n) is 11.3. The van der Waals surface area contributed by atoms with Gasteiger partial charge in [0.1, 0.15) is 0 Å². The summed E-state index contributed by atoms with van der Waals surface area (Å²) >= 11 is 0. The van der Waals surface area contributed by atoms with E-state index in [2.05, 4.69) is 4.72 Å². The summed E-state index contributed by atoms with van der Waals surface area (Å²) in [7, 11) is -3.64. The summed E-state index contributed by atoms with van der Waals surface area (Å²) in [5, 5.41) is 8.55. The molecule has 0 aliphatic rings. The van der Waals surface area contributed by atoms with E-state index in [0.717, 1.165) is 11.1 Å². The Morgan fingerprint density at radius 3 is 2.53 bits per heavy atom. The van der Waals surface area contributed by atoms with E-state index in [1.807, 2.05) is 39.0 Å². The Balaban J connectivity index is 3.02. The number of hydrogen-bond donors (Lipinski definition) is 2. The summed E-state index contributed by atoms with van der Waals surface area (Å²) < 4.78 is 26.2. The van der Waals surface area contributed by atoms with Crippen LogP contribution in [0.25, 0.3) is 0 Å². The van der Waals surface area contributed by atoms with Gasteiger partial charge in [0.2, 0.25) is 10.0 Å².